The van der Waals surface area contributed by atoms with E-state index < -0.39 is 51.9 Å². The predicted octanol–water partition coefficient (Wildman–Crippen LogP) is 7.61. The number of nitro groups is 2. The van der Waals surface area contributed by atoms with Gasteiger partial charge in [0.15, 0.2) is 6.29 Å². The summed E-state index contributed by atoms with van der Waals surface area (Å²) in [4.78, 5) is 22.4. The maximum atomic E-state index is 12.2. The Morgan fingerprint density at radius 1 is 0.577 bits per heavy atom. The standard InChI is InChI=1S/C40H39N3O9/c44-42(45)33-21-22-34(35(23-33)43(46)47)41-37-39(50-26-31-17-9-3-10-18-31)38(49-25-30-15-7-2-8-16-30)36(28-48-24-29-13-5-1-6-14-29)52-40(37)51-27-32-19-11-4-12-20-32/h1-23,36-41H,24-28H2/t36-,37-,38-,39-,40-/m1/s1. The third-order valence-corrected chi connectivity index (χ3v) is 8.58. The van der Waals surface area contributed by atoms with Gasteiger partial charge in [0.2, 0.25) is 0 Å². The topological polar surface area (TPSA) is 144 Å². The third-order valence-electron chi connectivity index (χ3n) is 8.58. The average Bonchev–Trinajstić information content (AvgIpc) is 3.18. The van der Waals surface area contributed by atoms with Crippen LogP contribution in [0.5, 0.6) is 0 Å². The molecule has 5 aromatic rings. The van der Waals surface area contributed by atoms with Gasteiger partial charge in [-0.05, 0) is 28.3 Å². The second kappa shape index (κ2) is 18.1. The molecule has 0 spiro atoms. The number of nitrogens with one attached hydrogen (secondary N) is 1. The predicted molar refractivity (Wildman–Crippen MR) is 193 cm³/mol. The second-order valence-electron chi connectivity index (χ2n) is 12.2. The molecule has 5 atom stereocenters. The van der Waals surface area contributed by atoms with E-state index >= 15 is 0 Å². The lowest BCUT2D eigenvalue weighted by Crippen LogP contribution is -2.63. The molecule has 1 N–H and O–H groups in total. The summed E-state index contributed by atoms with van der Waals surface area (Å²) in [5, 5.41) is 27.0. The second-order valence-corrected chi connectivity index (χ2v) is 12.2. The minimum atomic E-state index is -1.03. The van der Waals surface area contributed by atoms with Crippen LogP contribution in [-0.2, 0) is 50.1 Å². The van der Waals surface area contributed by atoms with Gasteiger partial charge in [-0.2, -0.15) is 0 Å². The van der Waals surface area contributed by atoms with Crippen LogP contribution in [0.3, 0.4) is 0 Å². The van der Waals surface area contributed by atoms with Crippen LogP contribution in [0, 0.1) is 20.2 Å². The van der Waals surface area contributed by atoms with Gasteiger partial charge in [-0.3, -0.25) is 20.2 Å². The fourth-order valence-electron chi connectivity index (χ4n) is 5.97. The summed E-state index contributed by atoms with van der Waals surface area (Å²) >= 11 is 0. The maximum Gasteiger partial charge on any atom is 0.299 e. The third kappa shape index (κ3) is 9.84. The molecular weight excluding hydrogens is 666 g/mol. The fraction of sp³-hybridized carbons (Fsp3) is 0.250. The molecule has 12 nitrogen and oxygen atoms in total. The Balaban J connectivity index is 1.38. The highest BCUT2D eigenvalue weighted by atomic mass is 16.7. The number of hydrogen-bond acceptors (Lipinski definition) is 10. The minimum Gasteiger partial charge on any atom is -0.374 e. The number of benzene rings is 5. The molecular formula is C40H39N3O9. The molecule has 6 rings (SSSR count). The van der Waals surface area contributed by atoms with Crippen molar-refractivity contribution in [2.24, 2.45) is 0 Å². The van der Waals surface area contributed by atoms with Gasteiger partial charge in [0.05, 0.1) is 48.9 Å². The molecule has 5 aromatic carbocycles. The first-order valence-electron chi connectivity index (χ1n) is 16.9. The first-order valence-corrected chi connectivity index (χ1v) is 16.9. The number of ether oxygens (including phenoxy) is 5. The first-order chi connectivity index (χ1) is 25.4. The molecule has 1 aliphatic heterocycles. The lowest BCUT2D eigenvalue weighted by molar-refractivity contribution is -0.393. The number of nitrogens with zero attached hydrogens (tertiary/aromatic N) is 2. The van der Waals surface area contributed by atoms with Gasteiger partial charge in [0.1, 0.15) is 30.0 Å². The van der Waals surface area contributed by atoms with Crippen molar-refractivity contribution in [3.8, 4) is 0 Å². The van der Waals surface area contributed by atoms with E-state index in [0.29, 0.717) is 6.61 Å². The van der Waals surface area contributed by atoms with Crippen molar-refractivity contribution in [3.05, 3.63) is 182 Å². The number of non-ortho nitro benzene ring substituents is 1. The summed E-state index contributed by atoms with van der Waals surface area (Å²) in [6.45, 7) is 1.00. The Hall–Kier alpha value is -5.50. The molecule has 1 aliphatic rings. The van der Waals surface area contributed by atoms with Crippen molar-refractivity contribution in [2.45, 2.75) is 57.1 Å². The summed E-state index contributed by atoms with van der Waals surface area (Å²) in [6, 6.07) is 41.1. The van der Waals surface area contributed by atoms with Crippen LogP contribution in [-0.4, -0.2) is 47.1 Å². The van der Waals surface area contributed by atoms with Crippen molar-refractivity contribution >= 4 is 17.1 Å². The van der Waals surface area contributed by atoms with Crippen LogP contribution in [0.15, 0.2) is 140 Å². The summed E-state index contributed by atoms with van der Waals surface area (Å²) < 4.78 is 32.7. The van der Waals surface area contributed by atoms with Crippen LogP contribution in [0.1, 0.15) is 22.3 Å². The van der Waals surface area contributed by atoms with Crippen molar-refractivity contribution in [1.29, 1.82) is 0 Å². The van der Waals surface area contributed by atoms with E-state index in [-0.39, 0.29) is 32.1 Å². The molecule has 0 saturated carbocycles. The van der Waals surface area contributed by atoms with Gasteiger partial charge < -0.3 is 29.0 Å². The van der Waals surface area contributed by atoms with E-state index in [2.05, 4.69) is 5.32 Å². The maximum absolute atomic E-state index is 12.2. The Bertz CT molecular complexity index is 1870. The van der Waals surface area contributed by atoms with Crippen molar-refractivity contribution < 1.29 is 33.5 Å². The van der Waals surface area contributed by atoms with Gasteiger partial charge in [0.25, 0.3) is 11.4 Å². The van der Waals surface area contributed by atoms with Crippen molar-refractivity contribution in [2.75, 3.05) is 11.9 Å². The van der Waals surface area contributed by atoms with Gasteiger partial charge in [-0.25, -0.2) is 0 Å². The van der Waals surface area contributed by atoms with E-state index in [9.17, 15) is 20.2 Å². The van der Waals surface area contributed by atoms with E-state index in [0.717, 1.165) is 28.3 Å². The largest absolute Gasteiger partial charge is 0.374 e. The molecule has 1 fully saturated rings. The highest BCUT2D eigenvalue weighted by Gasteiger charge is 2.49. The Labute approximate surface area is 301 Å². The van der Waals surface area contributed by atoms with E-state index in [1.54, 1.807) is 0 Å². The van der Waals surface area contributed by atoms with Gasteiger partial charge in [0, 0.05) is 6.07 Å². The number of nitro benzene ring substituents is 2. The zero-order valence-corrected chi connectivity index (χ0v) is 28.3. The molecule has 0 unspecified atom stereocenters. The average molecular weight is 706 g/mol. The van der Waals surface area contributed by atoms with Crippen LogP contribution in [0.25, 0.3) is 0 Å². The van der Waals surface area contributed by atoms with Crippen LogP contribution >= 0.6 is 0 Å². The Morgan fingerprint density at radius 2 is 1.06 bits per heavy atom. The minimum absolute atomic E-state index is 0.0337. The molecule has 1 heterocycles. The number of rotatable bonds is 17. The highest BCUT2D eigenvalue weighted by Crippen LogP contribution is 2.35. The summed E-state index contributed by atoms with van der Waals surface area (Å²) in [5.74, 6) is 0. The zero-order valence-electron chi connectivity index (χ0n) is 28.3. The zero-order chi connectivity index (χ0) is 36.1. The highest BCUT2D eigenvalue weighted by molar-refractivity contribution is 5.66. The van der Waals surface area contributed by atoms with Gasteiger partial charge in [-0.1, -0.05) is 121 Å². The molecule has 0 amide bonds. The molecule has 268 valence electrons. The number of hydrogen-bond donors (Lipinski definition) is 1. The van der Waals surface area contributed by atoms with E-state index in [1.165, 1.54) is 12.1 Å². The molecule has 0 aromatic heterocycles. The monoisotopic (exact) mass is 705 g/mol. The lowest BCUT2D eigenvalue weighted by atomic mass is 9.95. The Kier molecular flexibility index (Phi) is 12.7. The summed E-state index contributed by atoms with van der Waals surface area (Å²) in [5.41, 5.74) is 2.83. The van der Waals surface area contributed by atoms with E-state index in [4.69, 9.17) is 23.7 Å². The fourth-order valence-corrected chi connectivity index (χ4v) is 5.97. The quantitative estimate of drug-likeness (QED) is 0.0758. The smallest absolute Gasteiger partial charge is 0.299 e. The summed E-state index contributed by atoms with van der Waals surface area (Å²) in [7, 11) is 0. The molecule has 0 bridgehead atoms. The first kappa shape index (κ1) is 36.3. The normalized spacial score (nSPS) is 19.9. The SMILES string of the molecule is O=[N+]([O-])c1ccc(N[C@H]2[C@H](OCc3ccccc3)O[C@H](COCc3ccccc3)[C@@H](OCc3ccccc3)[C@@H]2OCc2ccccc2)c([N+](=O)[O-])c1. The molecule has 0 radical (unpaired) electrons. The molecule has 12 heteroatoms. The van der Waals surface area contributed by atoms with Gasteiger partial charge in [-0.15, -0.1) is 0 Å². The van der Waals surface area contributed by atoms with Gasteiger partial charge >= 0.3 is 0 Å². The van der Waals surface area contributed by atoms with Crippen LogP contribution < -0.4 is 5.32 Å². The Morgan fingerprint density at radius 3 is 1.56 bits per heavy atom. The van der Waals surface area contributed by atoms with Crippen molar-refractivity contribution in [3.63, 3.8) is 0 Å². The van der Waals surface area contributed by atoms with E-state index in [1.807, 2.05) is 121 Å². The molecule has 52 heavy (non-hydrogen) atoms. The molecule has 1 saturated heterocycles. The van der Waals surface area contributed by atoms with Crippen molar-refractivity contribution in [1.82, 2.24) is 0 Å². The molecule has 0 aliphatic carbocycles. The lowest BCUT2D eigenvalue weighted by Gasteiger charge is -2.46. The van der Waals surface area contributed by atoms with Crippen LogP contribution in [0.4, 0.5) is 17.1 Å². The number of anilines is 1. The summed E-state index contributed by atoms with van der Waals surface area (Å²) in [6.07, 6.45) is -3.30. The van der Waals surface area contributed by atoms with Crippen LogP contribution in [0.2, 0.25) is 0 Å².